The van der Waals surface area contributed by atoms with Crippen molar-refractivity contribution in [1.82, 2.24) is 10.1 Å². The van der Waals surface area contributed by atoms with E-state index in [1.54, 1.807) is 0 Å². The Bertz CT molecular complexity index is 551. The SMILES string of the molecule is CC(C)(C)[C@H](N)c1nc(-c2cccc(Br)c2)no1.Cl. The van der Waals surface area contributed by atoms with Crippen molar-refractivity contribution in [2.45, 2.75) is 26.8 Å². The first-order chi connectivity index (χ1) is 8.38. The van der Waals surface area contributed by atoms with Gasteiger partial charge in [-0.25, -0.2) is 0 Å². The Labute approximate surface area is 127 Å². The predicted octanol–water partition coefficient (Wildman–Crippen LogP) is 3.97. The molecule has 1 aromatic carbocycles. The molecular formula is C13H17BrClN3O. The van der Waals surface area contributed by atoms with Crippen molar-refractivity contribution >= 4 is 28.3 Å². The van der Waals surface area contributed by atoms with E-state index >= 15 is 0 Å². The molecule has 0 unspecified atom stereocenters. The largest absolute Gasteiger partial charge is 0.337 e. The Morgan fingerprint density at radius 1 is 1.32 bits per heavy atom. The van der Waals surface area contributed by atoms with Gasteiger partial charge in [-0.05, 0) is 17.5 Å². The molecule has 0 spiro atoms. The zero-order valence-corrected chi connectivity index (χ0v) is 13.5. The first-order valence-corrected chi connectivity index (χ1v) is 6.52. The Morgan fingerprint density at radius 2 is 2.00 bits per heavy atom. The molecule has 1 atom stereocenters. The van der Waals surface area contributed by atoms with Crippen molar-refractivity contribution in [1.29, 1.82) is 0 Å². The van der Waals surface area contributed by atoms with Gasteiger partial charge in [0.15, 0.2) is 0 Å². The second-order valence-corrected chi connectivity index (χ2v) is 6.23. The second-order valence-electron chi connectivity index (χ2n) is 5.31. The van der Waals surface area contributed by atoms with Crippen molar-refractivity contribution in [2.75, 3.05) is 0 Å². The van der Waals surface area contributed by atoms with E-state index in [-0.39, 0.29) is 23.9 Å². The van der Waals surface area contributed by atoms with Gasteiger partial charge in [-0.15, -0.1) is 12.4 Å². The van der Waals surface area contributed by atoms with Gasteiger partial charge >= 0.3 is 0 Å². The maximum Gasteiger partial charge on any atom is 0.244 e. The molecular weight excluding hydrogens is 330 g/mol. The van der Waals surface area contributed by atoms with Crippen LogP contribution in [0.3, 0.4) is 0 Å². The number of aromatic nitrogens is 2. The number of benzene rings is 1. The first kappa shape index (κ1) is 16.1. The number of halogens is 2. The number of nitrogens with two attached hydrogens (primary N) is 1. The maximum absolute atomic E-state index is 6.09. The lowest BCUT2D eigenvalue weighted by Gasteiger charge is -2.23. The van der Waals surface area contributed by atoms with Crippen LogP contribution in [-0.4, -0.2) is 10.1 Å². The van der Waals surface area contributed by atoms with Crippen LogP contribution < -0.4 is 5.73 Å². The molecule has 104 valence electrons. The molecule has 19 heavy (non-hydrogen) atoms. The van der Waals surface area contributed by atoms with E-state index < -0.39 is 0 Å². The number of hydrogen-bond donors (Lipinski definition) is 1. The Morgan fingerprint density at radius 3 is 2.58 bits per heavy atom. The molecule has 0 amide bonds. The van der Waals surface area contributed by atoms with Crippen molar-refractivity contribution in [2.24, 2.45) is 11.1 Å². The molecule has 0 aliphatic heterocycles. The molecule has 1 aromatic heterocycles. The summed E-state index contributed by atoms with van der Waals surface area (Å²) >= 11 is 3.42. The monoisotopic (exact) mass is 345 g/mol. The molecule has 0 fully saturated rings. The summed E-state index contributed by atoms with van der Waals surface area (Å²) < 4.78 is 6.22. The summed E-state index contributed by atoms with van der Waals surface area (Å²) in [6.45, 7) is 6.13. The number of hydrogen-bond acceptors (Lipinski definition) is 4. The van der Waals surface area contributed by atoms with Crippen molar-refractivity contribution in [3.8, 4) is 11.4 Å². The van der Waals surface area contributed by atoms with Crippen molar-refractivity contribution in [3.63, 3.8) is 0 Å². The summed E-state index contributed by atoms with van der Waals surface area (Å²) in [4.78, 5) is 4.36. The van der Waals surface area contributed by atoms with Gasteiger partial charge in [0.05, 0.1) is 6.04 Å². The zero-order chi connectivity index (χ0) is 13.3. The summed E-state index contributed by atoms with van der Waals surface area (Å²) in [6, 6.07) is 7.48. The molecule has 6 heteroatoms. The summed E-state index contributed by atoms with van der Waals surface area (Å²) in [5, 5.41) is 3.98. The van der Waals surface area contributed by atoms with Gasteiger partial charge in [0, 0.05) is 10.0 Å². The van der Waals surface area contributed by atoms with Gasteiger partial charge in [-0.3, -0.25) is 0 Å². The van der Waals surface area contributed by atoms with Crippen molar-refractivity contribution < 1.29 is 4.52 Å². The molecule has 0 saturated carbocycles. The van der Waals surface area contributed by atoms with Crippen LogP contribution in [0, 0.1) is 5.41 Å². The summed E-state index contributed by atoms with van der Waals surface area (Å²) in [6.07, 6.45) is 0. The number of rotatable bonds is 2. The molecule has 4 nitrogen and oxygen atoms in total. The van der Waals surface area contributed by atoms with Crippen LogP contribution in [-0.2, 0) is 0 Å². The zero-order valence-electron chi connectivity index (χ0n) is 11.1. The van der Waals surface area contributed by atoms with Gasteiger partial charge in [0.1, 0.15) is 0 Å². The fourth-order valence-electron chi connectivity index (χ4n) is 1.48. The van der Waals surface area contributed by atoms with Crippen molar-refractivity contribution in [3.05, 3.63) is 34.6 Å². The highest BCUT2D eigenvalue weighted by Crippen LogP contribution is 2.30. The van der Waals surface area contributed by atoms with E-state index in [1.807, 2.05) is 45.0 Å². The molecule has 1 heterocycles. The summed E-state index contributed by atoms with van der Waals surface area (Å²) in [5.74, 6) is 1.03. The van der Waals surface area contributed by atoms with E-state index in [2.05, 4.69) is 26.1 Å². The van der Waals surface area contributed by atoms with E-state index in [1.165, 1.54) is 0 Å². The van der Waals surface area contributed by atoms with Crippen LogP contribution in [0.4, 0.5) is 0 Å². The Kier molecular flexibility index (Phi) is 5.12. The van der Waals surface area contributed by atoms with E-state index in [0.717, 1.165) is 10.0 Å². The Balaban J connectivity index is 0.00000180. The lowest BCUT2D eigenvalue weighted by atomic mass is 9.87. The minimum Gasteiger partial charge on any atom is -0.337 e. The molecule has 0 radical (unpaired) electrons. The molecule has 2 N–H and O–H groups in total. The summed E-state index contributed by atoms with van der Waals surface area (Å²) in [7, 11) is 0. The normalized spacial score (nSPS) is 12.9. The summed E-state index contributed by atoms with van der Waals surface area (Å²) in [5.41, 5.74) is 6.88. The second kappa shape index (κ2) is 6.03. The first-order valence-electron chi connectivity index (χ1n) is 5.73. The highest BCUT2D eigenvalue weighted by Gasteiger charge is 2.27. The predicted molar refractivity (Wildman–Crippen MR) is 81.1 cm³/mol. The standard InChI is InChI=1S/C13H16BrN3O.ClH/c1-13(2,3)10(15)12-16-11(17-18-12)8-5-4-6-9(14)7-8;/h4-7,10H,15H2,1-3H3;1H/t10-;/m1./s1. The fraction of sp³-hybridized carbons (Fsp3) is 0.385. The van der Waals surface area contributed by atoms with E-state index in [4.69, 9.17) is 10.3 Å². The fourth-order valence-corrected chi connectivity index (χ4v) is 1.88. The van der Waals surface area contributed by atoms with Gasteiger partial charge < -0.3 is 10.3 Å². The maximum atomic E-state index is 6.09. The average molecular weight is 347 g/mol. The third kappa shape index (κ3) is 3.78. The Hall–Kier alpha value is -0.910. The van der Waals surface area contributed by atoms with Crippen LogP contribution in [0.5, 0.6) is 0 Å². The highest BCUT2D eigenvalue weighted by molar-refractivity contribution is 9.10. The highest BCUT2D eigenvalue weighted by atomic mass is 79.9. The molecule has 0 saturated heterocycles. The van der Waals surface area contributed by atoms with Gasteiger partial charge in [-0.1, -0.05) is 54.0 Å². The molecule has 0 bridgehead atoms. The van der Waals surface area contributed by atoms with Gasteiger partial charge in [-0.2, -0.15) is 4.98 Å². The van der Waals surface area contributed by atoms with E-state index in [0.29, 0.717) is 11.7 Å². The number of nitrogens with zero attached hydrogens (tertiary/aromatic N) is 2. The van der Waals surface area contributed by atoms with Crippen LogP contribution in [0.2, 0.25) is 0 Å². The third-order valence-corrected chi connectivity index (χ3v) is 3.22. The van der Waals surface area contributed by atoms with Gasteiger partial charge in [0.25, 0.3) is 0 Å². The lowest BCUT2D eigenvalue weighted by molar-refractivity contribution is 0.253. The molecule has 0 aliphatic rings. The third-order valence-electron chi connectivity index (χ3n) is 2.72. The van der Waals surface area contributed by atoms with Crippen LogP contribution in [0.25, 0.3) is 11.4 Å². The van der Waals surface area contributed by atoms with Crippen LogP contribution >= 0.6 is 28.3 Å². The minimum absolute atomic E-state index is 0. The molecule has 0 aliphatic carbocycles. The molecule has 2 aromatic rings. The van der Waals surface area contributed by atoms with E-state index in [9.17, 15) is 0 Å². The topological polar surface area (TPSA) is 64.9 Å². The quantitative estimate of drug-likeness (QED) is 0.893. The lowest BCUT2D eigenvalue weighted by Crippen LogP contribution is -2.26. The van der Waals surface area contributed by atoms with Gasteiger partial charge in [0.2, 0.25) is 11.7 Å². The molecule has 2 rings (SSSR count). The minimum atomic E-state index is -0.272. The van der Waals surface area contributed by atoms with Crippen LogP contribution in [0.15, 0.2) is 33.3 Å². The van der Waals surface area contributed by atoms with Crippen LogP contribution in [0.1, 0.15) is 32.7 Å². The smallest absolute Gasteiger partial charge is 0.244 e. The average Bonchev–Trinajstić information content (AvgIpc) is 2.75.